The summed E-state index contributed by atoms with van der Waals surface area (Å²) in [6.07, 6.45) is -1.70. The highest BCUT2D eigenvalue weighted by Gasteiger charge is 2.59. The Balaban J connectivity index is 3.03. The van der Waals surface area contributed by atoms with Gasteiger partial charge in [0.1, 0.15) is 5.88 Å². The molecule has 2 atom stereocenters. The molecule has 0 aromatic carbocycles. The summed E-state index contributed by atoms with van der Waals surface area (Å²) in [4.78, 5) is 43.2. The van der Waals surface area contributed by atoms with Crippen LogP contribution >= 0.6 is 11.6 Å². The molecule has 1 fully saturated rings. The topological polar surface area (TPSA) is 128 Å². The van der Waals surface area contributed by atoms with Crippen molar-refractivity contribution in [2.75, 3.05) is 5.88 Å². The van der Waals surface area contributed by atoms with Gasteiger partial charge in [-0.25, -0.2) is 4.79 Å². The van der Waals surface area contributed by atoms with Crippen molar-refractivity contribution in [1.82, 2.24) is 10.6 Å². The van der Waals surface area contributed by atoms with Crippen LogP contribution in [0.15, 0.2) is 0 Å². The Morgan fingerprint density at radius 2 is 2.24 bits per heavy atom. The van der Waals surface area contributed by atoms with E-state index in [1.54, 1.807) is 5.32 Å². The van der Waals surface area contributed by atoms with Crippen molar-refractivity contribution >= 4 is 29.5 Å². The van der Waals surface area contributed by atoms with Crippen molar-refractivity contribution in [1.29, 1.82) is 0 Å². The molecule has 0 bridgehead atoms. The summed E-state index contributed by atoms with van der Waals surface area (Å²) < 4.78 is 4.55. The largest absolute Gasteiger partial charge is 0.432 e. The van der Waals surface area contributed by atoms with Gasteiger partial charge in [0, 0.05) is 11.8 Å². The van der Waals surface area contributed by atoms with E-state index in [1.807, 2.05) is 5.32 Å². The molecule has 0 radical (unpaired) electrons. The predicted molar refractivity (Wildman–Crippen MR) is 52.7 cm³/mol. The Bertz CT molecular complexity index is 399. The van der Waals surface area contributed by atoms with Crippen LogP contribution in [0.5, 0.6) is 0 Å². The number of carbonyl (C=O) groups is 3. The molecule has 2 N–H and O–H groups in total. The molecule has 1 aliphatic rings. The standard InChI is InChI=1S/C7H8ClN3O6/c1-7(11(15)16)4(13)9-6(14)10-5(7)17-3(12)2-8/h5H,2H2,1H3,(H2,9,10,13,14). The monoisotopic (exact) mass is 265 g/mol. The summed E-state index contributed by atoms with van der Waals surface area (Å²) in [5.74, 6) is -2.71. The van der Waals surface area contributed by atoms with Crippen LogP contribution in [0.1, 0.15) is 6.92 Å². The zero-order chi connectivity index (χ0) is 13.2. The number of hydrogen-bond donors (Lipinski definition) is 2. The highest BCUT2D eigenvalue weighted by Crippen LogP contribution is 2.19. The fraction of sp³-hybridized carbons (Fsp3) is 0.571. The van der Waals surface area contributed by atoms with Gasteiger partial charge in [0.2, 0.25) is 0 Å². The summed E-state index contributed by atoms with van der Waals surface area (Å²) in [5, 5.41) is 14.5. The van der Waals surface area contributed by atoms with Crippen molar-refractivity contribution in [2.45, 2.75) is 18.7 Å². The fourth-order valence-corrected chi connectivity index (χ4v) is 1.19. The lowest BCUT2D eigenvalue weighted by atomic mass is 9.98. The lowest BCUT2D eigenvalue weighted by molar-refractivity contribution is -0.561. The van der Waals surface area contributed by atoms with Crippen molar-refractivity contribution < 1.29 is 24.0 Å². The van der Waals surface area contributed by atoms with E-state index in [2.05, 4.69) is 4.74 Å². The molecule has 0 aromatic heterocycles. The van der Waals surface area contributed by atoms with Crippen LogP contribution in [0.25, 0.3) is 0 Å². The third kappa shape index (κ3) is 2.28. The quantitative estimate of drug-likeness (QED) is 0.291. The summed E-state index contributed by atoms with van der Waals surface area (Å²) in [6.45, 7) is 0.925. The maximum Gasteiger partial charge on any atom is 0.350 e. The molecule has 0 saturated carbocycles. The van der Waals surface area contributed by atoms with Gasteiger partial charge in [-0.3, -0.25) is 30.3 Å². The molecule has 9 nitrogen and oxygen atoms in total. The number of alkyl halides is 1. The number of imide groups is 1. The van der Waals surface area contributed by atoms with Gasteiger partial charge in [-0.15, -0.1) is 11.6 Å². The molecule has 1 aliphatic heterocycles. The van der Waals surface area contributed by atoms with Gasteiger partial charge in [-0.2, -0.15) is 0 Å². The number of hydrogen-bond acceptors (Lipinski definition) is 6. The van der Waals surface area contributed by atoms with E-state index in [1.165, 1.54) is 0 Å². The number of nitrogens with zero attached hydrogens (tertiary/aromatic N) is 1. The molecular weight excluding hydrogens is 258 g/mol. The number of amides is 3. The van der Waals surface area contributed by atoms with E-state index < -0.39 is 40.5 Å². The van der Waals surface area contributed by atoms with E-state index >= 15 is 0 Å². The first-order valence-corrected chi connectivity index (χ1v) is 4.87. The lowest BCUT2D eigenvalue weighted by Gasteiger charge is -2.32. The maximum absolute atomic E-state index is 11.4. The molecule has 0 aromatic rings. The Labute approximate surface area is 99.6 Å². The molecule has 1 heterocycles. The first-order chi connectivity index (χ1) is 7.82. The number of esters is 1. The molecule has 0 spiro atoms. The van der Waals surface area contributed by atoms with Crippen molar-refractivity contribution in [3.8, 4) is 0 Å². The summed E-state index contributed by atoms with van der Waals surface area (Å²) in [5.41, 5.74) is -2.30. The van der Waals surface area contributed by atoms with Gasteiger partial charge >= 0.3 is 23.4 Å². The average molecular weight is 266 g/mol. The third-order valence-electron chi connectivity index (χ3n) is 2.20. The fourth-order valence-electron chi connectivity index (χ4n) is 1.13. The highest BCUT2D eigenvalue weighted by atomic mass is 35.5. The molecule has 0 aliphatic carbocycles. The maximum atomic E-state index is 11.4. The Kier molecular flexibility index (Phi) is 3.51. The third-order valence-corrected chi connectivity index (χ3v) is 2.42. The van der Waals surface area contributed by atoms with Crippen LogP contribution in [-0.4, -0.2) is 40.5 Å². The molecule has 3 amide bonds. The number of ether oxygens (including phenoxy) is 1. The summed E-state index contributed by atoms with van der Waals surface area (Å²) >= 11 is 5.16. The number of halogens is 1. The minimum absolute atomic E-state index is 0.554. The molecular formula is C7H8ClN3O6. The summed E-state index contributed by atoms with van der Waals surface area (Å²) in [6, 6.07) is -0.985. The van der Waals surface area contributed by atoms with Gasteiger partial charge < -0.3 is 4.74 Å². The Morgan fingerprint density at radius 1 is 1.65 bits per heavy atom. The van der Waals surface area contributed by atoms with Gasteiger partial charge in [-0.05, 0) is 0 Å². The van der Waals surface area contributed by atoms with E-state index in [0.717, 1.165) is 6.92 Å². The number of carbonyl (C=O) groups excluding carboxylic acids is 3. The smallest absolute Gasteiger partial charge is 0.350 e. The molecule has 2 unspecified atom stereocenters. The second-order valence-electron chi connectivity index (χ2n) is 3.34. The van der Waals surface area contributed by atoms with Crippen LogP contribution in [0.4, 0.5) is 4.79 Å². The van der Waals surface area contributed by atoms with E-state index in [0.29, 0.717) is 0 Å². The van der Waals surface area contributed by atoms with Gasteiger partial charge in [-0.1, -0.05) is 0 Å². The van der Waals surface area contributed by atoms with Crippen molar-refractivity contribution in [2.24, 2.45) is 0 Å². The van der Waals surface area contributed by atoms with Crippen LogP contribution in [0.2, 0.25) is 0 Å². The normalized spacial score (nSPS) is 28.0. The molecule has 17 heavy (non-hydrogen) atoms. The van der Waals surface area contributed by atoms with Crippen LogP contribution < -0.4 is 10.6 Å². The number of urea groups is 1. The lowest BCUT2D eigenvalue weighted by Crippen LogP contribution is -2.71. The molecule has 10 heteroatoms. The minimum atomic E-state index is -2.30. The molecule has 1 saturated heterocycles. The number of rotatable bonds is 3. The zero-order valence-corrected chi connectivity index (χ0v) is 9.32. The first kappa shape index (κ1) is 13.2. The Morgan fingerprint density at radius 3 is 2.71 bits per heavy atom. The van der Waals surface area contributed by atoms with E-state index in [9.17, 15) is 24.5 Å². The minimum Gasteiger partial charge on any atom is -0.432 e. The average Bonchev–Trinajstić information content (AvgIpc) is 2.24. The van der Waals surface area contributed by atoms with Gasteiger partial charge in [0.25, 0.3) is 6.23 Å². The second-order valence-corrected chi connectivity index (χ2v) is 3.60. The SMILES string of the molecule is CC1([N+](=O)[O-])C(=O)NC(=O)NC1OC(=O)CCl. The number of nitrogens with one attached hydrogen (secondary N) is 2. The Hall–Kier alpha value is -1.90. The van der Waals surface area contributed by atoms with Gasteiger partial charge in [0.05, 0.1) is 0 Å². The van der Waals surface area contributed by atoms with Crippen LogP contribution in [-0.2, 0) is 14.3 Å². The van der Waals surface area contributed by atoms with Crippen molar-refractivity contribution in [3.63, 3.8) is 0 Å². The van der Waals surface area contributed by atoms with Crippen LogP contribution in [0, 0.1) is 10.1 Å². The molecule has 1 rings (SSSR count). The highest BCUT2D eigenvalue weighted by molar-refractivity contribution is 6.26. The summed E-state index contributed by atoms with van der Waals surface area (Å²) in [7, 11) is 0. The zero-order valence-electron chi connectivity index (χ0n) is 8.56. The van der Waals surface area contributed by atoms with Gasteiger partial charge in [0.15, 0.2) is 0 Å². The van der Waals surface area contributed by atoms with E-state index in [4.69, 9.17) is 11.6 Å². The first-order valence-electron chi connectivity index (χ1n) is 4.34. The van der Waals surface area contributed by atoms with Crippen molar-refractivity contribution in [3.05, 3.63) is 10.1 Å². The number of nitro groups is 1. The predicted octanol–water partition coefficient (Wildman–Crippen LogP) is -1.03. The second kappa shape index (κ2) is 4.53. The van der Waals surface area contributed by atoms with Crippen LogP contribution in [0.3, 0.4) is 0 Å². The molecule has 94 valence electrons. The van der Waals surface area contributed by atoms with E-state index in [-0.39, 0.29) is 0 Å².